The second-order valence-corrected chi connectivity index (χ2v) is 6.60. The number of anilines is 1. The second-order valence-electron chi connectivity index (χ2n) is 6.60. The molecule has 0 atom stereocenters. The van der Waals surface area contributed by atoms with Gasteiger partial charge in [0.2, 0.25) is 0 Å². The molecule has 0 amide bonds. The van der Waals surface area contributed by atoms with Crippen LogP contribution >= 0.6 is 0 Å². The largest absolute Gasteiger partial charge is 0.456 e. The van der Waals surface area contributed by atoms with Crippen LogP contribution < -0.4 is 5.73 Å². The lowest BCUT2D eigenvalue weighted by atomic mass is 9.99. The summed E-state index contributed by atoms with van der Waals surface area (Å²) in [7, 11) is 0. The molecule has 0 spiro atoms. The molecule has 3 aromatic heterocycles. The van der Waals surface area contributed by atoms with Crippen LogP contribution in [0.4, 0.5) is 5.69 Å². The Morgan fingerprint density at radius 3 is 2.59 bits per heavy atom. The van der Waals surface area contributed by atoms with Gasteiger partial charge < -0.3 is 10.2 Å². The highest BCUT2D eigenvalue weighted by Crippen LogP contribution is 2.34. The SMILES string of the molecule is Nc1ccc2c(Cc3ccncc3)ncc(-c3cc4ccccc4o3)c2c1. The van der Waals surface area contributed by atoms with Gasteiger partial charge in [-0.2, -0.15) is 0 Å². The van der Waals surface area contributed by atoms with E-state index in [1.54, 1.807) is 12.4 Å². The third-order valence-electron chi connectivity index (χ3n) is 4.81. The summed E-state index contributed by atoms with van der Waals surface area (Å²) in [5.74, 6) is 0.801. The zero-order chi connectivity index (χ0) is 18.2. The molecule has 0 radical (unpaired) electrons. The smallest absolute Gasteiger partial charge is 0.137 e. The summed E-state index contributed by atoms with van der Waals surface area (Å²) >= 11 is 0. The van der Waals surface area contributed by atoms with Gasteiger partial charge in [0.15, 0.2) is 0 Å². The van der Waals surface area contributed by atoms with Gasteiger partial charge in [-0.3, -0.25) is 9.97 Å². The Kier molecular flexibility index (Phi) is 3.61. The minimum absolute atomic E-state index is 0.723. The first-order valence-electron chi connectivity index (χ1n) is 8.83. The fourth-order valence-electron chi connectivity index (χ4n) is 3.46. The Balaban J connectivity index is 1.69. The lowest BCUT2D eigenvalue weighted by Gasteiger charge is -2.10. The molecule has 0 aliphatic heterocycles. The quantitative estimate of drug-likeness (QED) is 0.453. The molecular formula is C23H17N3O. The van der Waals surface area contributed by atoms with Gasteiger partial charge in [-0.25, -0.2) is 0 Å². The Morgan fingerprint density at radius 2 is 1.74 bits per heavy atom. The van der Waals surface area contributed by atoms with Crippen molar-refractivity contribution in [2.75, 3.05) is 5.73 Å². The molecule has 2 N–H and O–H groups in total. The van der Waals surface area contributed by atoms with Crippen LogP contribution in [0.2, 0.25) is 0 Å². The molecule has 4 nitrogen and oxygen atoms in total. The Labute approximate surface area is 156 Å². The molecule has 0 bridgehead atoms. The molecule has 0 fully saturated rings. The molecule has 0 aliphatic rings. The van der Waals surface area contributed by atoms with E-state index in [4.69, 9.17) is 15.1 Å². The molecule has 4 heteroatoms. The lowest BCUT2D eigenvalue weighted by Crippen LogP contribution is -1.96. The summed E-state index contributed by atoms with van der Waals surface area (Å²) < 4.78 is 6.07. The summed E-state index contributed by atoms with van der Waals surface area (Å²) in [6, 6.07) is 20.0. The lowest BCUT2D eigenvalue weighted by molar-refractivity contribution is 0.632. The average Bonchev–Trinajstić information content (AvgIpc) is 3.12. The Morgan fingerprint density at radius 1 is 0.889 bits per heavy atom. The third kappa shape index (κ3) is 2.81. The van der Waals surface area contributed by atoms with E-state index in [-0.39, 0.29) is 0 Å². The first-order valence-corrected chi connectivity index (χ1v) is 8.83. The van der Waals surface area contributed by atoms with Gasteiger partial charge in [0.05, 0.1) is 5.69 Å². The van der Waals surface area contributed by atoms with Crippen LogP contribution in [0.15, 0.2) is 83.7 Å². The van der Waals surface area contributed by atoms with Gasteiger partial charge in [-0.05, 0) is 47.3 Å². The summed E-state index contributed by atoms with van der Waals surface area (Å²) in [6.45, 7) is 0. The topological polar surface area (TPSA) is 64.9 Å². The summed E-state index contributed by atoms with van der Waals surface area (Å²) in [4.78, 5) is 8.84. The van der Waals surface area contributed by atoms with Crippen LogP contribution in [0.3, 0.4) is 0 Å². The van der Waals surface area contributed by atoms with E-state index in [0.29, 0.717) is 0 Å². The molecule has 5 aromatic rings. The first-order chi connectivity index (χ1) is 13.3. The van der Waals surface area contributed by atoms with E-state index in [2.05, 4.69) is 11.1 Å². The van der Waals surface area contributed by atoms with Crippen molar-refractivity contribution in [3.8, 4) is 11.3 Å². The van der Waals surface area contributed by atoms with Gasteiger partial charge >= 0.3 is 0 Å². The molecular weight excluding hydrogens is 334 g/mol. The van der Waals surface area contributed by atoms with Crippen molar-refractivity contribution in [3.63, 3.8) is 0 Å². The highest BCUT2D eigenvalue weighted by atomic mass is 16.3. The van der Waals surface area contributed by atoms with Gasteiger partial charge in [0.1, 0.15) is 11.3 Å². The maximum absolute atomic E-state index is 6.09. The number of hydrogen-bond donors (Lipinski definition) is 1. The molecule has 0 aliphatic carbocycles. The molecule has 27 heavy (non-hydrogen) atoms. The standard InChI is InChI=1S/C23H17N3O/c24-17-5-6-18-19(13-17)20(23-12-16-3-1-2-4-22(16)27-23)14-26-21(18)11-15-7-9-25-10-8-15/h1-10,12-14H,11,24H2. The monoisotopic (exact) mass is 351 g/mol. The maximum Gasteiger partial charge on any atom is 0.137 e. The van der Waals surface area contributed by atoms with Gasteiger partial charge in [0.25, 0.3) is 0 Å². The van der Waals surface area contributed by atoms with E-state index in [1.807, 2.05) is 60.8 Å². The van der Waals surface area contributed by atoms with Gasteiger partial charge in [-0.15, -0.1) is 0 Å². The number of aromatic nitrogens is 2. The summed E-state index contributed by atoms with van der Waals surface area (Å²) in [5.41, 5.74) is 10.8. The van der Waals surface area contributed by atoms with E-state index >= 15 is 0 Å². The molecule has 5 rings (SSSR count). The summed E-state index contributed by atoms with van der Waals surface area (Å²) in [5, 5.41) is 3.21. The van der Waals surface area contributed by atoms with Crippen molar-refractivity contribution in [3.05, 3.63) is 90.5 Å². The molecule has 0 unspecified atom stereocenters. The highest BCUT2D eigenvalue weighted by Gasteiger charge is 2.14. The number of nitrogen functional groups attached to an aromatic ring is 1. The van der Waals surface area contributed by atoms with E-state index in [1.165, 1.54) is 5.56 Å². The fraction of sp³-hybridized carbons (Fsp3) is 0.0435. The minimum atomic E-state index is 0.723. The Hall–Kier alpha value is -3.66. The zero-order valence-corrected chi connectivity index (χ0v) is 14.6. The fourth-order valence-corrected chi connectivity index (χ4v) is 3.46. The number of nitrogens with zero attached hydrogens (tertiary/aromatic N) is 2. The molecule has 0 saturated carbocycles. The van der Waals surface area contributed by atoms with Crippen molar-refractivity contribution in [2.45, 2.75) is 6.42 Å². The van der Waals surface area contributed by atoms with Crippen molar-refractivity contribution in [1.82, 2.24) is 9.97 Å². The number of benzene rings is 2. The van der Waals surface area contributed by atoms with Crippen LogP contribution in [0.25, 0.3) is 33.1 Å². The van der Waals surface area contributed by atoms with Gasteiger partial charge in [-0.1, -0.05) is 24.3 Å². The summed E-state index contributed by atoms with van der Waals surface area (Å²) in [6.07, 6.45) is 6.23. The van der Waals surface area contributed by atoms with Crippen molar-refractivity contribution >= 4 is 27.4 Å². The van der Waals surface area contributed by atoms with Crippen molar-refractivity contribution < 1.29 is 4.42 Å². The van der Waals surface area contributed by atoms with Crippen molar-refractivity contribution in [1.29, 1.82) is 0 Å². The highest BCUT2D eigenvalue weighted by molar-refractivity contribution is 5.99. The second kappa shape index (κ2) is 6.25. The number of pyridine rings is 2. The zero-order valence-electron chi connectivity index (χ0n) is 14.6. The number of fused-ring (bicyclic) bond motifs is 2. The van der Waals surface area contributed by atoms with E-state index < -0.39 is 0 Å². The van der Waals surface area contributed by atoms with Crippen LogP contribution in [0.5, 0.6) is 0 Å². The molecule has 2 aromatic carbocycles. The minimum Gasteiger partial charge on any atom is -0.456 e. The van der Waals surface area contributed by atoms with E-state index in [0.717, 1.165) is 50.9 Å². The first kappa shape index (κ1) is 15.6. The molecule has 3 heterocycles. The van der Waals surface area contributed by atoms with Crippen LogP contribution in [-0.4, -0.2) is 9.97 Å². The van der Waals surface area contributed by atoms with E-state index in [9.17, 15) is 0 Å². The maximum atomic E-state index is 6.09. The van der Waals surface area contributed by atoms with Crippen LogP contribution in [0, 0.1) is 0 Å². The molecule has 130 valence electrons. The van der Waals surface area contributed by atoms with Crippen molar-refractivity contribution in [2.24, 2.45) is 0 Å². The number of para-hydroxylation sites is 1. The van der Waals surface area contributed by atoms with Gasteiger partial charge in [0, 0.05) is 47.0 Å². The predicted molar refractivity (Wildman–Crippen MR) is 108 cm³/mol. The number of furan rings is 1. The molecule has 0 saturated heterocycles. The van der Waals surface area contributed by atoms with Crippen LogP contribution in [-0.2, 0) is 6.42 Å². The normalized spacial score (nSPS) is 11.3. The average molecular weight is 351 g/mol. The van der Waals surface area contributed by atoms with Crippen LogP contribution in [0.1, 0.15) is 11.3 Å². The number of hydrogen-bond acceptors (Lipinski definition) is 4. The number of rotatable bonds is 3. The Bertz CT molecular complexity index is 1230. The predicted octanol–water partition coefficient (Wildman–Crippen LogP) is 5.22. The number of nitrogens with two attached hydrogens (primary N) is 1. The third-order valence-corrected chi connectivity index (χ3v) is 4.81.